The molecule has 0 spiro atoms. The molecule has 4 aromatic carbocycles. The van der Waals surface area contributed by atoms with Crippen LogP contribution in [0.15, 0.2) is 97.1 Å². The molecular weight excluding hydrogens is 334 g/mol. The number of hydrogen-bond donors (Lipinski definition) is 1. The Morgan fingerprint density at radius 3 is 2.07 bits per heavy atom. The maximum atomic E-state index is 12.5. The third-order valence-electron chi connectivity index (χ3n) is 4.41. The number of anilines is 1. The average Bonchev–Trinajstić information content (AvgIpc) is 2.74. The molecule has 0 bridgehead atoms. The minimum absolute atomic E-state index is 0.126. The van der Waals surface area contributed by atoms with Gasteiger partial charge >= 0.3 is 0 Å². The van der Waals surface area contributed by atoms with Crippen LogP contribution in [0.1, 0.15) is 15.9 Å². The summed E-state index contributed by atoms with van der Waals surface area (Å²) in [5.74, 6) is 0.672. The van der Waals surface area contributed by atoms with Crippen molar-refractivity contribution in [3.63, 3.8) is 0 Å². The van der Waals surface area contributed by atoms with Crippen molar-refractivity contribution < 1.29 is 9.53 Å². The van der Waals surface area contributed by atoms with Crippen molar-refractivity contribution in [2.75, 3.05) is 5.32 Å². The van der Waals surface area contributed by atoms with E-state index in [9.17, 15) is 4.79 Å². The van der Waals surface area contributed by atoms with Crippen LogP contribution in [-0.4, -0.2) is 5.91 Å². The van der Waals surface area contributed by atoms with Gasteiger partial charge in [-0.05, 0) is 29.8 Å². The van der Waals surface area contributed by atoms with Gasteiger partial charge in [-0.2, -0.15) is 0 Å². The molecule has 4 rings (SSSR count). The number of carbonyl (C=O) groups is 1. The van der Waals surface area contributed by atoms with E-state index < -0.39 is 0 Å². The molecule has 27 heavy (non-hydrogen) atoms. The molecule has 0 aromatic heterocycles. The molecule has 4 aromatic rings. The van der Waals surface area contributed by atoms with Gasteiger partial charge in [-0.3, -0.25) is 4.79 Å². The predicted octanol–water partition coefficient (Wildman–Crippen LogP) is 5.67. The van der Waals surface area contributed by atoms with Crippen molar-refractivity contribution in [2.45, 2.75) is 6.61 Å². The van der Waals surface area contributed by atoms with Crippen molar-refractivity contribution in [2.24, 2.45) is 0 Å². The number of carbonyl (C=O) groups excluding carboxylic acids is 1. The molecule has 0 aliphatic carbocycles. The molecule has 0 saturated heterocycles. The first-order valence-corrected chi connectivity index (χ1v) is 8.86. The summed E-state index contributed by atoms with van der Waals surface area (Å²) >= 11 is 0. The molecule has 3 nitrogen and oxygen atoms in total. The molecule has 1 N–H and O–H groups in total. The molecule has 0 saturated carbocycles. The van der Waals surface area contributed by atoms with Crippen LogP contribution in [0.25, 0.3) is 10.8 Å². The van der Waals surface area contributed by atoms with E-state index in [1.54, 1.807) is 12.1 Å². The fourth-order valence-corrected chi connectivity index (χ4v) is 3.03. The minimum atomic E-state index is -0.126. The fraction of sp³-hybridized carbons (Fsp3) is 0.0417. The zero-order chi connectivity index (χ0) is 18.5. The Bertz CT molecular complexity index is 1060. The minimum Gasteiger partial charge on any atom is -0.488 e. The number of nitrogens with one attached hydrogen (secondary N) is 1. The molecular formula is C24H19NO2. The highest BCUT2D eigenvalue weighted by Crippen LogP contribution is 2.32. The molecule has 0 atom stereocenters. The highest BCUT2D eigenvalue weighted by atomic mass is 16.5. The summed E-state index contributed by atoms with van der Waals surface area (Å²) in [6.45, 7) is 0.501. The average molecular weight is 353 g/mol. The van der Waals surface area contributed by atoms with E-state index in [4.69, 9.17) is 4.74 Å². The summed E-state index contributed by atoms with van der Waals surface area (Å²) in [5.41, 5.74) is 2.51. The maximum absolute atomic E-state index is 12.5. The second kappa shape index (κ2) is 7.75. The summed E-state index contributed by atoms with van der Waals surface area (Å²) in [4.78, 5) is 12.5. The standard InChI is InChI=1S/C24H19NO2/c26-24(19-11-5-2-6-12-19)25-22-15-16-23(21-14-8-7-13-20(21)22)27-17-18-9-3-1-4-10-18/h1-16H,17H2,(H,25,26). The number of hydrogen-bond acceptors (Lipinski definition) is 2. The van der Waals surface area contributed by atoms with E-state index in [2.05, 4.69) is 5.32 Å². The van der Waals surface area contributed by atoms with Gasteiger partial charge in [0.15, 0.2) is 0 Å². The van der Waals surface area contributed by atoms with E-state index in [0.717, 1.165) is 27.8 Å². The van der Waals surface area contributed by atoms with Crippen molar-refractivity contribution in [1.82, 2.24) is 0 Å². The van der Waals surface area contributed by atoms with Gasteiger partial charge in [-0.15, -0.1) is 0 Å². The van der Waals surface area contributed by atoms with Crippen LogP contribution < -0.4 is 10.1 Å². The summed E-state index contributed by atoms with van der Waals surface area (Å²) < 4.78 is 6.04. The highest BCUT2D eigenvalue weighted by molar-refractivity contribution is 6.10. The Kier molecular flexibility index (Phi) is 4.84. The van der Waals surface area contributed by atoms with Crippen molar-refractivity contribution in [3.05, 3.63) is 108 Å². The number of rotatable bonds is 5. The molecule has 0 unspecified atom stereocenters. The Hall–Kier alpha value is -3.59. The lowest BCUT2D eigenvalue weighted by Gasteiger charge is -2.13. The normalized spacial score (nSPS) is 10.5. The number of ether oxygens (including phenoxy) is 1. The first-order valence-electron chi connectivity index (χ1n) is 8.86. The van der Waals surface area contributed by atoms with Gasteiger partial charge in [-0.25, -0.2) is 0 Å². The molecule has 3 heteroatoms. The van der Waals surface area contributed by atoms with Crippen LogP contribution >= 0.6 is 0 Å². The fourth-order valence-electron chi connectivity index (χ4n) is 3.03. The summed E-state index contributed by atoms with van der Waals surface area (Å²) in [5, 5.41) is 4.93. The van der Waals surface area contributed by atoms with E-state index in [-0.39, 0.29) is 5.91 Å². The summed E-state index contributed by atoms with van der Waals surface area (Å²) in [6, 6.07) is 31.0. The summed E-state index contributed by atoms with van der Waals surface area (Å²) in [6.07, 6.45) is 0. The summed E-state index contributed by atoms with van der Waals surface area (Å²) in [7, 11) is 0. The second-order valence-electron chi connectivity index (χ2n) is 6.25. The third kappa shape index (κ3) is 3.82. The van der Waals surface area contributed by atoms with E-state index in [1.165, 1.54) is 0 Å². The molecule has 0 fully saturated rings. The maximum Gasteiger partial charge on any atom is 0.255 e. The van der Waals surface area contributed by atoms with Crippen molar-refractivity contribution >= 4 is 22.4 Å². The van der Waals surface area contributed by atoms with Crippen LogP contribution in [0.4, 0.5) is 5.69 Å². The van der Waals surface area contributed by atoms with Gasteiger partial charge in [0, 0.05) is 22.0 Å². The first kappa shape index (κ1) is 16.9. The van der Waals surface area contributed by atoms with Crippen LogP contribution in [0.3, 0.4) is 0 Å². The molecule has 0 aliphatic rings. The van der Waals surface area contributed by atoms with Crippen molar-refractivity contribution in [1.29, 1.82) is 0 Å². The lowest BCUT2D eigenvalue weighted by molar-refractivity contribution is 0.102. The van der Waals surface area contributed by atoms with E-state index in [0.29, 0.717) is 12.2 Å². The highest BCUT2D eigenvalue weighted by Gasteiger charge is 2.11. The first-order chi connectivity index (χ1) is 13.3. The Balaban J connectivity index is 1.61. The van der Waals surface area contributed by atoms with E-state index >= 15 is 0 Å². The zero-order valence-corrected chi connectivity index (χ0v) is 14.8. The second-order valence-corrected chi connectivity index (χ2v) is 6.25. The lowest BCUT2D eigenvalue weighted by Crippen LogP contribution is -2.12. The van der Waals surface area contributed by atoms with Gasteiger partial charge in [-0.1, -0.05) is 72.8 Å². The largest absolute Gasteiger partial charge is 0.488 e. The molecule has 132 valence electrons. The van der Waals surface area contributed by atoms with Gasteiger partial charge in [0.2, 0.25) is 0 Å². The molecule has 1 amide bonds. The Morgan fingerprint density at radius 1 is 0.704 bits per heavy atom. The van der Waals surface area contributed by atoms with Crippen LogP contribution in [0.2, 0.25) is 0 Å². The number of fused-ring (bicyclic) bond motifs is 1. The SMILES string of the molecule is O=C(Nc1ccc(OCc2ccccc2)c2ccccc12)c1ccccc1. The number of amides is 1. The zero-order valence-electron chi connectivity index (χ0n) is 14.8. The topological polar surface area (TPSA) is 38.3 Å². The monoisotopic (exact) mass is 353 g/mol. The Labute approximate surface area is 158 Å². The smallest absolute Gasteiger partial charge is 0.255 e. The van der Waals surface area contributed by atoms with Gasteiger partial charge in [0.25, 0.3) is 5.91 Å². The lowest BCUT2D eigenvalue weighted by atomic mass is 10.1. The van der Waals surface area contributed by atoms with Crippen molar-refractivity contribution in [3.8, 4) is 5.75 Å². The van der Waals surface area contributed by atoms with Gasteiger partial charge in [0.1, 0.15) is 12.4 Å². The third-order valence-corrected chi connectivity index (χ3v) is 4.41. The molecule has 0 aliphatic heterocycles. The van der Waals surface area contributed by atoms with Gasteiger partial charge < -0.3 is 10.1 Å². The quantitative estimate of drug-likeness (QED) is 0.502. The van der Waals surface area contributed by atoms with Crippen LogP contribution in [-0.2, 0) is 6.61 Å². The van der Waals surface area contributed by atoms with Gasteiger partial charge in [0.05, 0.1) is 0 Å². The Morgan fingerprint density at radius 2 is 1.33 bits per heavy atom. The number of benzene rings is 4. The van der Waals surface area contributed by atoms with E-state index in [1.807, 2.05) is 84.9 Å². The molecule has 0 radical (unpaired) electrons. The molecule has 0 heterocycles. The van der Waals surface area contributed by atoms with Crippen LogP contribution in [0, 0.1) is 0 Å². The predicted molar refractivity (Wildman–Crippen MR) is 109 cm³/mol. The van der Waals surface area contributed by atoms with Crippen LogP contribution in [0.5, 0.6) is 5.75 Å².